The van der Waals surface area contributed by atoms with Crippen LogP contribution in [0.5, 0.6) is 0 Å². The summed E-state index contributed by atoms with van der Waals surface area (Å²) in [4.78, 5) is 0. The van der Waals surface area contributed by atoms with Crippen LogP contribution < -0.4 is 5.32 Å². The van der Waals surface area contributed by atoms with Crippen molar-refractivity contribution in [1.29, 1.82) is 0 Å². The van der Waals surface area contributed by atoms with Crippen LogP contribution in [0.3, 0.4) is 0 Å². The molecule has 0 aromatic carbocycles. The van der Waals surface area contributed by atoms with E-state index in [9.17, 15) is 0 Å². The molecule has 0 aromatic heterocycles. The number of hydrogen-bond donors (Lipinski definition) is 1. The van der Waals surface area contributed by atoms with Gasteiger partial charge in [-0.25, -0.2) is 0 Å². The quantitative estimate of drug-likeness (QED) is 0.578. The second kappa shape index (κ2) is 7.35. The molecule has 0 aliphatic carbocycles. The minimum absolute atomic E-state index is 0.669. The lowest BCUT2D eigenvalue weighted by Crippen LogP contribution is -2.34. The van der Waals surface area contributed by atoms with Crippen molar-refractivity contribution in [2.45, 2.75) is 46.1 Å². The summed E-state index contributed by atoms with van der Waals surface area (Å²) < 4.78 is 0. The van der Waals surface area contributed by atoms with E-state index in [0.717, 1.165) is 18.9 Å². The molecular formula is C11H23N. The normalized spacial score (nSPS) is 13.3. The Bertz CT molecular complexity index is 108. The summed E-state index contributed by atoms with van der Waals surface area (Å²) in [5.74, 6) is 0.733. The Morgan fingerprint density at radius 1 is 1.42 bits per heavy atom. The van der Waals surface area contributed by atoms with Crippen molar-refractivity contribution >= 4 is 0 Å². The van der Waals surface area contributed by atoms with Crippen LogP contribution in [-0.4, -0.2) is 12.6 Å². The summed E-state index contributed by atoms with van der Waals surface area (Å²) in [7, 11) is 0. The van der Waals surface area contributed by atoms with E-state index in [4.69, 9.17) is 0 Å². The third kappa shape index (κ3) is 5.36. The lowest BCUT2D eigenvalue weighted by atomic mass is 9.99. The Labute approximate surface area is 77.2 Å². The summed E-state index contributed by atoms with van der Waals surface area (Å²) in [6.07, 6.45) is 5.57. The fourth-order valence-electron chi connectivity index (χ4n) is 1.30. The van der Waals surface area contributed by atoms with Gasteiger partial charge in [0.15, 0.2) is 0 Å². The zero-order valence-electron chi connectivity index (χ0n) is 8.77. The fraction of sp³-hybridized carbons (Fsp3) is 0.818. The number of rotatable bonds is 7. The maximum absolute atomic E-state index is 3.74. The molecule has 0 saturated carbocycles. The van der Waals surface area contributed by atoms with Crippen LogP contribution in [0.15, 0.2) is 12.7 Å². The highest BCUT2D eigenvalue weighted by atomic mass is 14.9. The molecule has 0 rings (SSSR count). The van der Waals surface area contributed by atoms with E-state index in [0.29, 0.717) is 6.04 Å². The zero-order valence-corrected chi connectivity index (χ0v) is 8.77. The van der Waals surface area contributed by atoms with Crippen LogP contribution in [-0.2, 0) is 0 Å². The average molecular weight is 169 g/mol. The van der Waals surface area contributed by atoms with E-state index in [-0.39, 0.29) is 0 Å². The largest absolute Gasteiger partial charge is 0.314 e. The molecule has 0 spiro atoms. The van der Waals surface area contributed by atoms with Crippen LogP contribution in [0.2, 0.25) is 0 Å². The Morgan fingerprint density at radius 3 is 2.50 bits per heavy atom. The smallest absolute Gasteiger partial charge is 0.00930 e. The van der Waals surface area contributed by atoms with Crippen LogP contribution in [0, 0.1) is 5.92 Å². The molecule has 72 valence electrons. The predicted molar refractivity (Wildman–Crippen MR) is 56.4 cm³/mol. The lowest BCUT2D eigenvalue weighted by Gasteiger charge is -2.21. The van der Waals surface area contributed by atoms with Gasteiger partial charge in [0.1, 0.15) is 0 Å². The van der Waals surface area contributed by atoms with Gasteiger partial charge in [0.2, 0.25) is 0 Å². The maximum Gasteiger partial charge on any atom is 0.00930 e. The van der Waals surface area contributed by atoms with Gasteiger partial charge in [-0.2, -0.15) is 0 Å². The topological polar surface area (TPSA) is 12.0 Å². The van der Waals surface area contributed by atoms with Gasteiger partial charge in [0.25, 0.3) is 0 Å². The molecule has 0 radical (unpaired) electrons. The molecule has 0 fully saturated rings. The first kappa shape index (κ1) is 11.7. The lowest BCUT2D eigenvalue weighted by molar-refractivity contribution is 0.380. The first-order valence-electron chi connectivity index (χ1n) is 5.06. The number of hydrogen-bond acceptors (Lipinski definition) is 1. The van der Waals surface area contributed by atoms with Crippen molar-refractivity contribution in [2.75, 3.05) is 6.54 Å². The predicted octanol–water partition coefficient (Wildman–Crippen LogP) is 2.98. The fourth-order valence-corrected chi connectivity index (χ4v) is 1.30. The minimum Gasteiger partial charge on any atom is -0.314 e. The second-order valence-corrected chi connectivity index (χ2v) is 3.67. The molecule has 0 aromatic rings. The highest BCUT2D eigenvalue weighted by Crippen LogP contribution is 2.08. The standard InChI is InChI=1S/C11H23N/c1-5-7-8-11(10(3)4)12-9-6-2/h5,10-12H,1,6-9H2,2-4H3. The third-order valence-corrected chi connectivity index (χ3v) is 2.14. The van der Waals surface area contributed by atoms with Gasteiger partial charge in [0, 0.05) is 6.04 Å². The van der Waals surface area contributed by atoms with E-state index in [1.807, 2.05) is 6.08 Å². The average Bonchev–Trinajstić information content (AvgIpc) is 2.04. The summed E-state index contributed by atoms with van der Waals surface area (Å²) in [6.45, 7) is 11.6. The minimum atomic E-state index is 0.669. The molecule has 0 bridgehead atoms. The molecule has 1 unspecified atom stereocenters. The van der Waals surface area contributed by atoms with E-state index >= 15 is 0 Å². The monoisotopic (exact) mass is 169 g/mol. The van der Waals surface area contributed by atoms with Crippen LogP contribution in [0.4, 0.5) is 0 Å². The van der Waals surface area contributed by atoms with Gasteiger partial charge >= 0.3 is 0 Å². The summed E-state index contributed by atoms with van der Waals surface area (Å²) in [5, 5.41) is 3.56. The molecule has 1 heteroatoms. The highest BCUT2D eigenvalue weighted by Gasteiger charge is 2.10. The van der Waals surface area contributed by atoms with Crippen molar-refractivity contribution in [3.05, 3.63) is 12.7 Å². The molecule has 1 N–H and O–H groups in total. The van der Waals surface area contributed by atoms with E-state index in [2.05, 4.69) is 32.7 Å². The first-order valence-corrected chi connectivity index (χ1v) is 5.06. The highest BCUT2D eigenvalue weighted by molar-refractivity contribution is 4.75. The van der Waals surface area contributed by atoms with Gasteiger partial charge in [-0.05, 0) is 31.7 Å². The van der Waals surface area contributed by atoms with Crippen molar-refractivity contribution in [2.24, 2.45) is 5.92 Å². The summed E-state index contributed by atoms with van der Waals surface area (Å²) in [6, 6.07) is 0.669. The third-order valence-electron chi connectivity index (χ3n) is 2.14. The van der Waals surface area contributed by atoms with E-state index in [1.54, 1.807) is 0 Å². The summed E-state index contributed by atoms with van der Waals surface area (Å²) >= 11 is 0. The number of allylic oxidation sites excluding steroid dienone is 1. The van der Waals surface area contributed by atoms with Gasteiger partial charge < -0.3 is 5.32 Å². The van der Waals surface area contributed by atoms with Gasteiger partial charge in [-0.3, -0.25) is 0 Å². The molecular weight excluding hydrogens is 146 g/mol. The van der Waals surface area contributed by atoms with Gasteiger partial charge in [0.05, 0.1) is 0 Å². The SMILES string of the molecule is C=CCCC(NCCC)C(C)C. The summed E-state index contributed by atoms with van der Waals surface area (Å²) in [5.41, 5.74) is 0. The molecule has 0 aliphatic rings. The van der Waals surface area contributed by atoms with Crippen molar-refractivity contribution in [3.8, 4) is 0 Å². The first-order chi connectivity index (χ1) is 5.72. The molecule has 1 atom stereocenters. The van der Waals surface area contributed by atoms with Gasteiger partial charge in [-0.1, -0.05) is 26.8 Å². The van der Waals surface area contributed by atoms with Crippen molar-refractivity contribution in [3.63, 3.8) is 0 Å². The second-order valence-electron chi connectivity index (χ2n) is 3.67. The van der Waals surface area contributed by atoms with Crippen LogP contribution in [0.1, 0.15) is 40.0 Å². The van der Waals surface area contributed by atoms with Crippen LogP contribution >= 0.6 is 0 Å². The van der Waals surface area contributed by atoms with E-state index in [1.165, 1.54) is 12.8 Å². The maximum atomic E-state index is 3.74. The molecule has 0 aliphatic heterocycles. The number of nitrogens with one attached hydrogen (secondary N) is 1. The Hall–Kier alpha value is -0.300. The van der Waals surface area contributed by atoms with Crippen molar-refractivity contribution in [1.82, 2.24) is 5.32 Å². The van der Waals surface area contributed by atoms with Gasteiger partial charge in [-0.15, -0.1) is 6.58 Å². The molecule has 0 saturated heterocycles. The van der Waals surface area contributed by atoms with Crippen LogP contribution in [0.25, 0.3) is 0 Å². The molecule has 1 nitrogen and oxygen atoms in total. The Balaban J connectivity index is 3.61. The zero-order chi connectivity index (χ0) is 9.40. The Morgan fingerprint density at radius 2 is 2.08 bits per heavy atom. The molecule has 12 heavy (non-hydrogen) atoms. The Kier molecular flexibility index (Phi) is 7.17. The molecule has 0 heterocycles. The molecule has 0 amide bonds. The van der Waals surface area contributed by atoms with E-state index < -0.39 is 0 Å². The van der Waals surface area contributed by atoms with Crippen molar-refractivity contribution < 1.29 is 0 Å².